The van der Waals surface area contributed by atoms with Crippen molar-refractivity contribution in [3.8, 4) is 0 Å². The molecule has 1 aromatic carbocycles. The first kappa shape index (κ1) is 24.4. The highest BCUT2D eigenvalue weighted by Gasteiger charge is 2.56. The van der Waals surface area contributed by atoms with Crippen LogP contribution in [0.25, 0.3) is 0 Å². The third kappa shape index (κ3) is 5.18. The highest BCUT2D eigenvalue weighted by atomic mass is 19.4. The number of rotatable bonds is 6. The van der Waals surface area contributed by atoms with E-state index in [1.807, 2.05) is 4.90 Å². The van der Waals surface area contributed by atoms with E-state index in [2.05, 4.69) is 31.0 Å². The van der Waals surface area contributed by atoms with Crippen molar-refractivity contribution < 1.29 is 18.0 Å². The van der Waals surface area contributed by atoms with Crippen molar-refractivity contribution in [2.75, 3.05) is 44.2 Å². The van der Waals surface area contributed by atoms with Crippen LogP contribution >= 0.6 is 0 Å². The third-order valence-corrected chi connectivity index (χ3v) is 8.24. The Balaban J connectivity index is 1.46. The summed E-state index contributed by atoms with van der Waals surface area (Å²) in [5, 5.41) is 3.35. The van der Waals surface area contributed by atoms with Gasteiger partial charge in [0.25, 0.3) is 0 Å². The number of piperidine rings is 2. The largest absolute Gasteiger partial charge is 0.416 e. The number of hydrogen-bond donors (Lipinski definition) is 1. The van der Waals surface area contributed by atoms with Crippen molar-refractivity contribution in [2.24, 2.45) is 17.3 Å². The lowest BCUT2D eigenvalue weighted by atomic mass is 9.86. The van der Waals surface area contributed by atoms with E-state index < -0.39 is 11.7 Å². The smallest absolute Gasteiger partial charge is 0.371 e. The zero-order chi connectivity index (χ0) is 23.8. The molecule has 1 aliphatic carbocycles. The van der Waals surface area contributed by atoms with Gasteiger partial charge in [-0.3, -0.25) is 4.79 Å². The second-order valence-corrected chi connectivity index (χ2v) is 10.6. The van der Waals surface area contributed by atoms with Crippen molar-refractivity contribution in [1.29, 1.82) is 0 Å². The molecule has 0 radical (unpaired) electrons. The van der Waals surface area contributed by atoms with E-state index in [1.54, 1.807) is 6.07 Å². The Labute approximate surface area is 195 Å². The van der Waals surface area contributed by atoms with E-state index >= 15 is 0 Å². The van der Waals surface area contributed by atoms with Crippen LogP contribution < -0.4 is 10.2 Å². The maximum Gasteiger partial charge on any atom is 0.416 e. The molecule has 2 aliphatic heterocycles. The van der Waals surface area contributed by atoms with Gasteiger partial charge in [0.15, 0.2) is 0 Å². The maximum atomic E-state index is 13.5. The second-order valence-electron chi connectivity index (χ2n) is 10.6. The predicted molar refractivity (Wildman–Crippen MR) is 125 cm³/mol. The van der Waals surface area contributed by atoms with Gasteiger partial charge < -0.3 is 15.1 Å². The SMILES string of the molecule is CCNCC1CC1(C)C(=O)N1CCC(c2ccc(C(F)(F)F)cc2N2CCC(C)CC2)CC1. The number of benzene rings is 1. The molecule has 184 valence electrons. The van der Waals surface area contributed by atoms with E-state index in [0.717, 1.165) is 69.5 Å². The van der Waals surface area contributed by atoms with Gasteiger partial charge >= 0.3 is 6.18 Å². The zero-order valence-electron chi connectivity index (χ0n) is 20.2. The van der Waals surface area contributed by atoms with Gasteiger partial charge in [0.1, 0.15) is 0 Å². The lowest BCUT2D eigenvalue weighted by Crippen LogP contribution is -2.42. The quantitative estimate of drug-likeness (QED) is 0.621. The molecule has 2 unspecified atom stereocenters. The van der Waals surface area contributed by atoms with Crippen molar-refractivity contribution in [3.05, 3.63) is 29.3 Å². The van der Waals surface area contributed by atoms with Crippen LogP contribution in [-0.2, 0) is 11.0 Å². The van der Waals surface area contributed by atoms with Gasteiger partial charge in [0.2, 0.25) is 5.91 Å². The highest BCUT2D eigenvalue weighted by molar-refractivity contribution is 5.85. The van der Waals surface area contributed by atoms with Gasteiger partial charge in [-0.05, 0) is 80.6 Å². The molecule has 0 bridgehead atoms. The number of amides is 1. The average Bonchev–Trinajstić information content (AvgIpc) is 3.48. The molecule has 0 spiro atoms. The van der Waals surface area contributed by atoms with Crippen LogP contribution in [0.5, 0.6) is 0 Å². The van der Waals surface area contributed by atoms with Crippen molar-refractivity contribution in [2.45, 2.75) is 65.0 Å². The molecule has 2 heterocycles. The van der Waals surface area contributed by atoms with E-state index in [0.29, 0.717) is 24.9 Å². The third-order valence-electron chi connectivity index (χ3n) is 8.24. The molecule has 2 saturated heterocycles. The standard InChI is InChI=1S/C26H38F3N3O/c1-4-30-17-21-16-25(21,3)24(33)32-13-9-19(10-14-32)22-6-5-20(26(27,28)29)15-23(22)31-11-7-18(2)8-12-31/h5-6,15,18-19,21,30H,4,7-14,16-17H2,1-3H3. The van der Waals surface area contributed by atoms with Crippen molar-refractivity contribution >= 4 is 11.6 Å². The summed E-state index contributed by atoms with van der Waals surface area (Å²) >= 11 is 0. The molecule has 1 amide bonds. The number of carbonyl (C=O) groups is 1. The monoisotopic (exact) mass is 465 g/mol. The molecule has 1 aromatic rings. The number of nitrogens with one attached hydrogen (secondary N) is 1. The first-order chi connectivity index (χ1) is 15.6. The fraction of sp³-hybridized carbons (Fsp3) is 0.731. The summed E-state index contributed by atoms with van der Waals surface area (Å²) in [5.74, 6) is 1.47. The summed E-state index contributed by atoms with van der Waals surface area (Å²) in [6.07, 6.45) is 0.235. The minimum Gasteiger partial charge on any atom is -0.371 e. The Morgan fingerprint density at radius 3 is 2.39 bits per heavy atom. The summed E-state index contributed by atoms with van der Waals surface area (Å²) in [6, 6.07) is 4.30. The second kappa shape index (κ2) is 9.47. The Hall–Kier alpha value is -1.76. The molecule has 3 aliphatic rings. The van der Waals surface area contributed by atoms with Crippen molar-refractivity contribution in [1.82, 2.24) is 10.2 Å². The maximum absolute atomic E-state index is 13.5. The van der Waals surface area contributed by atoms with Crippen molar-refractivity contribution in [3.63, 3.8) is 0 Å². The molecule has 2 atom stereocenters. The van der Waals surface area contributed by atoms with Crippen LogP contribution in [0.3, 0.4) is 0 Å². The summed E-state index contributed by atoms with van der Waals surface area (Å²) in [4.78, 5) is 17.3. The Bertz CT molecular complexity index is 842. The van der Waals surface area contributed by atoms with E-state index in [9.17, 15) is 18.0 Å². The lowest BCUT2D eigenvalue weighted by Gasteiger charge is -2.38. The summed E-state index contributed by atoms with van der Waals surface area (Å²) < 4.78 is 40.4. The lowest BCUT2D eigenvalue weighted by molar-refractivity contribution is -0.138. The molecule has 4 rings (SSSR count). The van der Waals surface area contributed by atoms with Gasteiger partial charge in [0, 0.05) is 31.9 Å². The van der Waals surface area contributed by atoms with E-state index in [4.69, 9.17) is 0 Å². The number of likely N-dealkylation sites (tertiary alicyclic amines) is 1. The first-order valence-electron chi connectivity index (χ1n) is 12.6. The Morgan fingerprint density at radius 1 is 1.12 bits per heavy atom. The highest BCUT2D eigenvalue weighted by Crippen LogP contribution is 2.53. The van der Waals surface area contributed by atoms with Crippen LogP contribution in [0.15, 0.2) is 18.2 Å². The summed E-state index contributed by atoms with van der Waals surface area (Å²) in [6.45, 7) is 11.1. The molecule has 1 N–H and O–H groups in total. The number of anilines is 1. The topological polar surface area (TPSA) is 35.6 Å². The Morgan fingerprint density at radius 2 is 1.79 bits per heavy atom. The van der Waals surface area contributed by atoms with Crippen LogP contribution in [0.2, 0.25) is 0 Å². The molecular formula is C26H38F3N3O. The van der Waals surface area contributed by atoms with E-state index in [1.165, 1.54) is 12.1 Å². The number of halogens is 3. The summed E-state index contributed by atoms with van der Waals surface area (Å²) in [7, 11) is 0. The molecule has 0 aromatic heterocycles. The zero-order valence-corrected chi connectivity index (χ0v) is 20.2. The van der Waals surface area contributed by atoms with Gasteiger partial charge in [-0.2, -0.15) is 13.2 Å². The van der Waals surface area contributed by atoms with Crippen LogP contribution in [0, 0.1) is 17.3 Å². The normalized spacial score (nSPS) is 27.2. The summed E-state index contributed by atoms with van der Waals surface area (Å²) in [5.41, 5.74) is 0.952. The van der Waals surface area contributed by atoms with Gasteiger partial charge in [-0.25, -0.2) is 0 Å². The fourth-order valence-corrected chi connectivity index (χ4v) is 5.67. The Kier molecular flexibility index (Phi) is 7.00. The number of hydrogen-bond acceptors (Lipinski definition) is 3. The van der Waals surface area contributed by atoms with Crippen LogP contribution in [-0.4, -0.2) is 50.1 Å². The first-order valence-corrected chi connectivity index (χ1v) is 12.6. The molecule has 3 fully saturated rings. The predicted octanol–water partition coefficient (Wildman–Crippen LogP) is 5.28. The minimum absolute atomic E-state index is 0.190. The van der Waals surface area contributed by atoms with Crippen LogP contribution in [0.1, 0.15) is 69.9 Å². The molecular weight excluding hydrogens is 427 g/mol. The number of carbonyl (C=O) groups excluding carboxylic acids is 1. The number of nitrogens with zero attached hydrogens (tertiary/aromatic N) is 2. The number of alkyl halides is 3. The van der Waals surface area contributed by atoms with E-state index in [-0.39, 0.29) is 17.2 Å². The van der Waals surface area contributed by atoms with Crippen LogP contribution in [0.4, 0.5) is 18.9 Å². The molecule has 33 heavy (non-hydrogen) atoms. The van der Waals surface area contributed by atoms with Gasteiger partial charge in [-0.15, -0.1) is 0 Å². The molecule has 1 saturated carbocycles. The van der Waals surface area contributed by atoms with Gasteiger partial charge in [-0.1, -0.05) is 26.8 Å². The van der Waals surface area contributed by atoms with Gasteiger partial charge in [0.05, 0.1) is 11.0 Å². The molecule has 7 heteroatoms. The minimum atomic E-state index is -4.34. The molecule has 4 nitrogen and oxygen atoms in total. The fourth-order valence-electron chi connectivity index (χ4n) is 5.67. The average molecular weight is 466 g/mol.